The largest absolute Gasteiger partial charge is 0.352 e. The van der Waals surface area contributed by atoms with Gasteiger partial charge >= 0.3 is 0 Å². The molecule has 1 heterocycles. The predicted octanol–water partition coefficient (Wildman–Crippen LogP) is 3.02. The van der Waals surface area contributed by atoms with Crippen LogP contribution < -0.4 is 9.62 Å². The monoisotopic (exact) mass is 362 g/mol. The van der Waals surface area contributed by atoms with E-state index in [-0.39, 0.29) is 11.9 Å². The van der Waals surface area contributed by atoms with Crippen molar-refractivity contribution in [3.8, 4) is 0 Å². The van der Waals surface area contributed by atoms with Gasteiger partial charge in [-0.25, -0.2) is 8.42 Å². The van der Waals surface area contributed by atoms with Crippen LogP contribution in [-0.2, 0) is 16.4 Å². The Kier molecular flexibility index (Phi) is 5.18. The Morgan fingerprint density at radius 3 is 2.80 bits per heavy atom. The molecule has 5 nitrogen and oxygen atoms in total. The van der Waals surface area contributed by atoms with Crippen LogP contribution in [0.2, 0.25) is 0 Å². The highest BCUT2D eigenvalue weighted by Gasteiger charge is 2.32. The molecule has 1 N–H and O–H groups in total. The molecule has 1 aromatic rings. The summed E-state index contributed by atoms with van der Waals surface area (Å²) in [7, 11) is -3.30. The summed E-state index contributed by atoms with van der Waals surface area (Å²) in [5.41, 5.74) is 3.65. The van der Waals surface area contributed by atoms with E-state index < -0.39 is 10.0 Å². The Morgan fingerprint density at radius 2 is 2.12 bits per heavy atom. The molecular formula is C19H26N2O3S. The van der Waals surface area contributed by atoms with E-state index in [0.717, 1.165) is 24.8 Å². The van der Waals surface area contributed by atoms with E-state index in [9.17, 15) is 13.2 Å². The standard InChI is InChI=1S/C19H26N2O3S/c1-14-12-17-13-16(8-9-18(17)21(14)25(2,23)24)19(22)20-11-10-15-6-4-3-5-7-15/h6,8-9,13-14H,3-5,7,10-12H2,1-2H3,(H,20,22). The number of carbonyl (C=O) groups is 1. The van der Waals surface area contributed by atoms with Gasteiger partial charge in [0, 0.05) is 18.2 Å². The van der Waals surface area contributed by atoms with Crippen molar-refractivity contribution in [2.75, 3.05) is 17.1 Å². The zero-order chi connectivity index (χ0) is 18.0. The average Bonchev–Trinajstić information content (AvgIpc) is 2.90. The predicted molar refractivity (Wildman–Crippen MR) is 100 cm³/mol. The molecule has 25 heavy (non-hydrogen) atoms. The van der Waals surface area contributed by atoms with Crippen molar-refractivity contribution < 1.29 is 13.2 Å². The Hall–Kier alpha value is -1.82. The maximum Gasteiger partial charge on any atom is 0.251 e. The van der Waals surface area contributed by atoms with Crippen LogP contribution in [0.4, 0.5) is 5.69 Å². The Balaban J connectivity index is 1.65. The van der Waals surface area contributed by atoms with Crippen LogP contribution in [0.3, 0.4) is 0 Å². The van der Waals surface area contributed by atoms with Gasteiger partial charge in [0.15, 0.2) is 0 Å². The van der Waals surface area contributed by atoms with E-state index >= 15 is 0 Å². The summed E-state index contributed by atoms with van der Waals surface area (Å²) >= 11 is 0. The van der Waals surface area contributed by atoms with Gasteiger partial charge in [0.25, 0.3) is 5.91 Å². The van der Waals surface area contributed by atoms with E-state index in [1.807, 2.05) is 13.0 Å². The number of hydrogen-bond donors (Lipinski definition) is 1. The van der Waals surface area contributed by atoms with E-state index in [1.165, 1.54) is 29.0 Å². The topological polar surface area (TPSA) is 66.5 Å². The molecule has 1 atom stereocenters. The molecule has 0 fully saturated rings. The van der Waals surface area contributed by atoms with Crippen molar-refractivity contribution in [3.63, 3.8) is 0 Å². The summed E-state index contributed by atoms with van der Waals surface area (Å²) in [6.45, 7) is 2.53. The van der Waals surface area contributed by atoms with Crippen LogP contribution in [0.1, 0.15) is 54.9 Å². The molecular weight excluding hydrogens is 336 g/mol. The van der Waals surface area contributed by atoms with E-state index in [2.05, 4.69) is 11.4 Å². The smallest absolute Gasteiger partial charge is 0.251 e. The molecule has 0 spiro atoms. The number of fused-ring (bicyclic) bond motifs is 1. The first-order chi connectivity index (χ1) is 11.9. The molecule has 0 bridgehead atoms. The maximum absolute atomic E-state index is 12.4. The normalized spacial score (nSPS) is 20.2. The molecule has 1 aromatic carbocycles. The van der Waals surface area contributed by atoms with Crippen LogP contribution in [0.25, 0.3) is 0 Å². The third-order valence-electron chi connectivity index (χ3n) is 4.97. The Morgan fingerprint density at radius 1 is 1.32 bits per heavy atom. The number of nitrogens with zero attached hydrogens (tertiary/aromatic N) is 1. The highest BCUT2D eigenvalue weighted by molar-refractivity contribution is 7.92. The number of benzene rings is 1. The third-order valence-corrected chi connectivity index (χ3v) is 6.24. The molecule has 1 aliphatic carbocycles. The van der Waals surface area contributed by atoms with E-state index in [4.69, 9.17) is 0 Å². The number of sulfonamides is 1. The Labute approximate surface area is 150 Å². The quantitative estimate of drug-likeness (QED) is 0.819. The van der Waals surface area contributed by atoms with Gasteiger partial charge in [0.1, 0.15) is 0 Å². The highest BCUT2D eigenvalue weighted by Crippen LogP contribution is 2.34. The number of anilines is 1. The molecule has 1 unspecified atom stereocenters. The van der Waals surface area contributed by atoms with Crippen molar-refractivity contribution in [2.45, 2.75) is 51.5 Å². The molecule has 1 amide bonds. The van der Waals surface area contributed by atoms with Crippen molar-refractivity contribution >= 4 is 21.6 Å². The summed E-state index contributed by atoms with van der Waals surface area (Å²) in [5, 5.41) is 2.98. The lowest BCUT2D eigenvalue weighted by Gasteiger charge is -2.21. The molecule has 6 heteroatoms. The van der Waals surface area contributed by atoms with Gasteiger partial charge in [-0.1, -0.05) is 11.6 Å². The van der Waals surface area contributed by atoms with Crippen molar-refractivity contribution in [2.24, 2.45) is 0 Å². The SMILES string of the molecule is CC1Cc2cc(C(=O)NCCC3=CCCCC3)ccc2N1S(C)(=O)=O. The van der Waals surface area contributed by atoms with Gasteiger partial charge in [-0.15, -0.1) is 0 Å². The number of rotatable bonds is 5. The fourth-order valence-electron chi connectivity index (χ4n) is 3.82. The molecule has 0 radical (unpaired) electrons. The summed E-state index contributed by atoms with van der Waals surface area (Å²) in [6.07, 6.45) is 9.89. The lowest BCUT2D eigenvalue weighted by molar-refractivity contribution is 0.0954. The maximum atomic E-state index is 12.4. The lowest BCUT2D eigenvalue weighted by Crippen LogP contribution is -2.34. The zero-order valence-electron chi connectivity index (χ0n) is 14.9. The second-order valence-electron chi connectivity index (χ2n) is 7.07. The summed E-state index contributed by atoms with van der Waals surface area (Å²) in [5.74, 6) is -0.0929. The van der Waals surface area contributed by atoms with Gasteiger partial charge in [-0.05, 0) is 69.2 Å². The van der Waals surface area contributed by atoms with Gasteiger partial charge < -0.3 is 5.32 Å². The minimum atomic E-state index is -3.30. The zero-order valence-corrected chi connectivity index (χ0v) is 15.7. The summed E-state index contributed by atoms with van der Waals surface area (Å²) in [4.78, 5) is 12.4. The minimum Gasteiger partial charge on any atom is -0.352 e. The molecule has 0 saturated carbocycles. The summed E-state index contributed by atoms with van der Waals surface area (Å²) < 4.78 is 25.4. The minimum absolute atomic E-state index is 0.0929. The van der Waals surface area contributed by atoms with Crippen LogP contribution in [0.5, 0.6) is 0 Å². The van der Waals surface area contributed by atoms with Gasteiger partial charge in [0.05, 0.1) is 11.9 Å². The molecule has 0 aromatic heterocycles. The first kappa shape index (κ1) is 18.0. The summed E-state index contributed by atoms with van der Waals surface area (Å²) in [6, 6.07) is 5.18. The number of amides is 1. The molecule has 2 aliphatic rings. The highest BCUT2D eigenvalue weighted by atomic mass is 32.2. The van der Waals surface area contributed by atoms with Crippen LogP contribution in [-0.4, -0.2) is 33.2 Å². The van der Waals surface area contributed by atoms with E-state index in [0.29, 0.717) is 24.2 Å². The van der Waals surface area contributed by atoms with Gasteiger partial charge in [0.2, 0.25) is 10.0 Å². The van der Waals surface area contributed by atoms with Crippen LogP contribution in [0.15, 0.2) is 29.8 Å². The van der Waals surface area contributed by atoms with Gasteiger partial charge in [-0.2, -0.15) is 0 Å². The molecule has 3 rings (SSSR count). The number of allylic oxidation sites excluding steroid dienone is 1. The first-order valence-corrected chi connectivity index (χ1v) is 10.8. The second kappa shape index (κ2) is 7.20. The molecule has 136 valence electrons. The lowest BCUT2D eigenvalue weighted by atomic mass is 9.97. The number of hydrogen-bond acceptors (Lipinski definition) is 3. The number of carbonyl (C=O) groups excluding carboxylic acids is 1. The van der Waals surface area contributed by atoms with E-state index in [1.54, 1.807) is 12.1 Å². The second-order valence-corrected chi connectivity index (χ2v) is 8.93. The van der Waals surface area contributed by atoms with Crippen LogP contribution >= 0.6 is 0 Å². The Bertz CT molecular complexity index is 799. The average molecular weight is 362 g/mol. The molecule has 1 aliphatic heterocycles. The van der Waals surface area contributed by atoms with Gasteiger partial charge in [-0.3, -0.25) is 9.10 Å². The fourth-order valence-corrected chi connectivity index (χ4v) is 5.08. The molecule has 0 saturated heterocycles. The first-order valence-electron chi connectivity index (χ1n) is 8.94. The van der Waals surface area contributed by atoms with Crippen molar-refractivity contribution in [3.05, 3.63) is 41.0 Å². The van der Waals surface area contributed by atoms with Crippen molar-refractivity contribution in [1.82, 2.24) is 5.32 Å². The third kappa shape index (κ3) is 4.06. The van der Waals surface area contributed by atoms with Crippen molar-refractivity contribution in [1.29, 1.82) is 0 Å². The number of nitrogens with one attached hydrogen (secondary N) is 1. The fraction of sp³-hybridized carbons (Fsp3) is 0.526. The van der Waals surface area contributed by atoms with Crippen LogP contribution in [0, 0.1) is 0 Å².